The van der Waals surface area contributed by atoms with E-state index in [1.54, 1.807) is 24.3 Å². The maximum Gasteiger partial charge on any atom is 0.257 e. The highest BCUT2D eigenvalue weighted by molar-refractivity contribution is 7.80. The Morgan fingerprint density at radius 3 is 2.25 bits per heavy atom. The molecule has 0 heterocycles. The fraction of sp³-hybridized carbons (Fsp3) is 0.111. The molecule has 0 fully saturated rings. The van der Waals surface area contributed by atoms with Gasteiger partial charge in [0.15, 0.2) is 5.11 Å². The molecule has 0 aliphatic rings. The van der Waals surface area contributed by atoms with Crippen LogP contribution >= 0.6 is 23.8 Å². The van der Waals surface area contributed by atoms with Gasteiger partial charge >= 0.3 is 0 Å². The van der Waals surface area contributed by atoms with Crippen LogP contribution in [-0.4, -0.2) is 22.8 Å². The second kappa shape index (κ2) is 10.3. The number of benzene rings is 2. The molecule has 2 rings (SSSR count). The number of amides is 3. The number of carbonyl (C=O) groups excluding carboxylic acids is 3. The Morgan fingerprint density at radius 2 is 1.57 bits per heavy atom. The lowest BCUT2D eigenvalue weighted by atomic mass is 10.2. The molecular formula is C18H16ClFN4O3S. The predicted octanol–water partition coefficient (Wildman–Crippen LogP) is 2.53. The smallest absolute Gasteiger partial charge is 0.257 e. The van der Waals surface area contributed by atoms with Gasteiger partial charge in [-0.25, -0.2) is 4.39 Å². The molecule has 0 saturated carbocycles. The molecule has 10 heteroatoms. The summed E-state index contributed by atoms with van der Waals surface area (Å²) in [5.41, 5.74) is 5.28. The van der Waals surface area contributed by atoms with Crippen LogP contribution in [0.5, 0.6) is 0 Å². The Bertz CT molecular complexity index is 893. The third-order valence-electron chi connectivity index (χ3n) is 3.38. The van der Waals surface area contributed by atoms with Crippen molar-refractivity contribution < 1.29 is 18.8 Å². The summed E-state index contributed by atoms with van der Waals surface area (Å²) < 4.78 is 12.8. The average Bonchev–Trinajstić information content (AvgIpc) is 2.67. The van der Waals surface area contributed by atoms with Crippen molar-refractivity contribution in [2.24, 2.45) is 0 Å². The second-order valence-electron chi connectivity index (χ2n) is 5.49. The van der Waals surface area contributed by atoms with Gasteiger partial charge in [-0.05, 0) is 48.6 Å². The average molecular weight is 423 g/mol. The zero-order valence-corrected chi connectivity index (χ0v) is 16.0. The monoisotopic (exact) mass is 422 g/mol. The predicted molar refractivity (Wildman–Crippen MR) is 107 cm³/mol. The standard InChI is InChI=1S/C18H16ClFN4O3S/c19-13-3-1-2-4-14(13)21-15(25)9-10-16(26)23-24-18(28)22-17(27)11-5-7-12(20)8-6-11/h1-8H,9-10H2,(H,21,25)(H,23,26)(H2,22,24,27,28). The van der Waals surface area contributed by atoms with Crippen molar-refractivity contribution in [1.29, 1.82) is 0 Å². The first-order valence-corrected chi connectivity index (χ1v) is 8.84. The topological polar surface area (TPSA) is 99.3 Å². The van der Waals surface area contributed by atoms with Gasteiger partial charge in [0.05, 0.1) is 10.7 Å². The van der Waals surface area contributed by atoms with E-state index < -0.39 is 17.6 Å². The van der Waals surface area contributed by atoms with Crippen LogP contribution in [0.25, 0.3) is 0 Å². The molecule has 0 spiro atoms. The van der Waals surface area contributed by atoms with Crippen LogP contribution in [0, 0.1) is 5.82 Å². The third-order valence-corrected chi connectivity index (χ3v) is 3.91. The van der Waals surface area contributed by atoms with Crippen LogP contribution in [0.1, 0.15) is 23.2 Å². The summed E-state index contributed by atoms with van der Waals surface area (Å²) in [5, 5.41) is 5.17. The zero-order chi connectivity index (χ0) is 20.5. The van der Waals surface area contributed by atoms with E-state index in [2.05, 4.69) is 21.5 Å². The molecule has 3 amide bonds. The summed E-state index contributed by atoms with van der Waals surface area (Å²) in [6.45, 7) is 0. The lowest BCUT2D eigenvalue weighted by Crippen LogP contribution is -2.48. The molecule has 146 valence electrons. The molecule has 2 aromatic carbocycles. The number of hydrogen-bond acceptors (Lipinski definition) is 4. The molecule has 0 radical (unpaired) electrons. The lowest BCUT2D eigenvalue weighted by Gasteiger charge is -2.11. The van der Waals surface area contributed by atoms with E-state index in [-0.39, 0.29) is 29.4 Å². The number of thiocarbonyl (C=S) groups is 1. The van der Waals surface area contributed by atoms with Gasteiger partial charge in [-0.15, -0.1) is 0 Å². The molecule has 0 atom stereocenters. The van der Waals surface area contributed by atoms with Crippen LogP contribution in [0.4, 0.5) is 10.1 Å². The molecule has 7 nitrogen and oxygen atoms in total. The van der Waals surface area contributed by atoms with E-state index in [1.807, 2.05) is 0 Å². The molecule has 2 aromatic rings. The molecule has 4 N–H and O–H groups in total. The van der Waals surface area contributed by atoms with Gasteiger partial charge in [-0.2, -0.15) is 0 Å². The minimum Gasteiger partial charge on any atom is -0.325 e. The summed E-state index contributed by atoms with van der Waals surface area (Å²) in [6, 6.07) is 11.6. The van der Waals surface area contributed by atoms with Crippen molar-refractivity contribution in [3.63, 3.8) is 0 Å². The molecule has 28 heavy (non-hydrogen) atoms. The Morgan fingerprint density at radius 1 is 0.929 bits per heavy atom. The fourth-order valence-electron chi connectivity index (χ4n) is 2.00. The number of nitrogens with one attached hydrogen (secondary N) is 4. The van der Waals surface area contributed by atoms with Crippen molar-refractivity contribution in [1.82, 2.24) is 16.2 Å². The van der Waals surface area contributed by atoms with E-state index in [9.17, 15) is 18.8 Å². The van der Waals surface area contributed by atoms with Crippen molar-refractivity contribution in [2.45, 2.75) is 12.8 Å². The van der Waals surface area contributed by atoms with E-state index in [0.717, 1.165) is 12.1 Å². The maximum atomic E-state index is 12.8. The SMILES string of the molecule is O=C(CCC(=O)Nc1ccccc1Cl)NNC(=S)NC(=O)c1ccc(F)cc1. The third kappa shape index (κ3) is 6.93. The molecule has 0 saturated heterocycles. The van der Waals surface area contributed by atoms with Crippen LogP contribution in [0.2, 0.25) is 5.02 Å². The lowest BCUT2D eigenvalue weighted by molar-refractivity contribution is -0.124. The molecule has 0 aromatic heterocycles. The first kappa shape index (κ1) is 21.3. The summed E-state index contributed by atoms with van der Waals surface area (Å²) in [6.07, 6.45) is -0.189. The highest BCUT2D eigenvalue weighted by Gasteiger charge is 2.11. The van der Waals surface area contributed by atoms with Gasteiger partial charge < -0.3 is 5.32 Å². The van der Waals surface area contributed by atoms with Crippen molar-refractivity contribution in [3.05, 3.63) is 64.9 Å². The Hall–Kier alpha value is -3.04. The van der Waals surface area contributed by atoms with Gasteiger partial charge in [0.2, 0.25) is 11.8 Å². The second-order valence-corrected chi connectivity index (χ2v) is 6.31. The zero-order valence-electron chi connectivity index (χ0n) is 14.4. The number of hydrazine groups is 1. The van der Waals surface area contributed by atoms with Gasteiger partial charge in [-0.3, -0.25) is 30.6 Å². The minimum atomic E-state index is -0.564. The number of rotatable bonds is 5. The summed E-state index contributed by atoms with van der Waals surface area (Å²) in [5.74, 6) is -1.92. The van der Waals surface area contributed by atoms with E-state index in [0.29, 0.717) is 10.7 Å². The summed E-state index contributed by atoms with van der Waals surface area (Å²) in [7, 11) is 0. The quantitative estimate of drug-likeness (QED) is 0.438. The van der Waals surface area contributed by atoms with Crippen molar-refractivity contribution in [3.8, 4) is 0 Å². The van der Waals surface area contributed by atoms with Crippen LogP contribution in [0.3, 0.4) is 0 Å². The number of para-hydroxylation sites is 1. The van der Waals surface area contributed by atoms with Gasteiger partial charge in [0.25, 0.3) is 5.91 Å². The first-order chi connectivity index (χ1) is 13.3. The Labute approximate surface area is 170 Å². The van der Waals surface area contributed by atoms with Crippen LogP contribution in [0.15, 0.2) is 48.5 Å². The Kier molecular flexibility index (Phi) is 7.85. The van der Waals surface area contributed by atoms with E-state index >= 15 is 0 Å². The number of anilines is 1. The van der Waals surface area contributed by atoms with E-state index in [4.69, 9.17) is 23.8 Å². The van der Waals surface area contributed by atoms with Crippen molar-refractivity contribution in [2.75, 3.05) is 5.32 Å². The highest BCUT2D eigenvalue weighted by atomic mass is 35.5. The fourth-order valence-corrected chi connectivity index (χ4v) is 2.33. The van der Waals surface area contributed by atoms with Crippen LogP contribution in [-0.2, 0) is 9.59 Å². The van der Waals surface area contributed by atoms with Crippen LogP contribution < -0.4 is 21.5 Å². The van der Waals surface area contributed by atoms with Crippen molar-refractivity contribution >= 4 is 52.3 Å². The van der Waals surface area contributed by atoms with Gasteiger partial charge in [-0.1, -0.05) is 23.7 Å². The number of halogens is 2. The molecular weight excluding hydrogens is 407 g/mol. The number of carbonyl (C=O) groups is 3. The molecule has 0 bridgehead atoms. The molecule has 0 unspecified atom stereocenters. The first-order valence-electron chi connectivity index (χ1n) is 8.05. The summed E-state index contributed by atoms with van der Waals surface area (Å²) in [4.78, 5) is 35.5. The molecule has 0 aliphatic heterocycles. The summed E-state index contributed by atoms with van der Waals surface area (Å²) >= 11 is 10.8. The number of hydrogen-bond donors (Lipinski definition) is 4. The normalized spacial score (nSPS) is 9.93. The van der Waals surface area contributed by atoms with Gasteiger partial charge in [0.1, 0.15) is 5.82 Å². The molecule has 0 aliphatic carbocycles. The Balaban J connectivity index is 1.69. The maximum absolute atomic E-state index is 12.8. The highest BCUT2D eigenvalue weighted by Crippen LogP contribution is 2.20. The van der Waals surface area contributed by atoms with Gasteiger partial charge in [0, 0.05) is 18.4 Å². The largest absolute Gasteiger partial charge is 0.325 e. The minimum absolute atomic E-state index is 0.0760. The van der Waals surface area contributed by atoms with E-state index in [1.165, 1.54) is 12.1 Å².